The van der Waals surface area contributed by atoms with Gasteiger partial charge in [0.25, 0.3) is 0 Å². The largest absolute Gasteiger partial charge is 0.352 e. The number of hydrogen-bond acceptors (Lipinski definition) is 7. The molecule has 0 unspecified atom stereocenters. The number of aromatic nitrogens is 6. The maximum atomic E-state index is 12.5. The van der Waals surface area contributed by atoms with Crippen molar-refractivity contribution in [3.63, 3.8) is 0 Å². The third-order valence-electron chi connectivity index (χ3n) is 6.98. The number of carbonyl (C=O) groups is 1. The second-order valence-electron chi connectivity index (χ2n) is 10.9. The first kappa shape index (κ1) is 24.1. The van der Waals surface area contributed by atoms with Crippen LogP contribution >= 0.6 is 0 Å². The number of piperazine rings is 1. The topological polar surface area (TPSA) is 119 Å². The van der Waals surface area contributed by atoms with Gasteiger partial charge in [-0.25, -0.2) is 9.97 Å². The average Bonchev–Trinajstić information content (AvgIpc) is 3.52. The monoisotopic (exact) mass is 509 g/mol. The number of pyridine rings is 2. The molecule has 3 N–H and O–H groups in total. The van der Waals surface area contributed by atoms with Crippen LogP contribution in [0.2, 0.25) is 0 Å². The van der Waals surface area contributed by atoms with E-state index in [1.807, 2.05) is 51.2 Å². The molecule has 0 radical (unpaired) electrons. The number of amides is 1. The Labute approximate surface area is 220 Å². The van der Waals surface area contributed by atoms with Crippen LogP contribution in [0.4, 0.5) is 11.5 Å². The average molecular weight is 510 g/mol. The lowest BCUT2D eigenvalue weighted by molar-refractivity contribution is -0.123. The highest BCUT2D eigenvalue weighted by molar-refractivity contribution is 5.98. The first-order chi connectivity index (χ1) is 18.3. The van der Waals surface area contributed by atoms with E-state index in [1.165, 1.54) is 0 Å². The van der Waals surface area contributed by atoms with Gasteiger partial charge in [0.2, 0.25) is 5.91 Å². The van der Waals surface area contributed by atoms with E-state index in [9.17, 15) is 4.79 Å². The number of carbonyl (C=O) groups excluding carboxylic acids is 1. The molecule has 0 aliphatic carbocycles. The number of rotatable bonds is 4. The Kier molecular flexibility index (Phi) is 5.83. The summed E-state index contributed by atoms with van der Waals surface area (Å²) in [6, 6.07) is 9.99. The normalized spacial score (nSPS) is 14.9. The fourth-order valence-corrected chi connectivity index (χ4v) is 4.64. The molecule has 1 aliphatic rings. The standard InChI is InChI=1S/C28H31N9O/c1-28(2,3)27(38)31-19-13-18(15-29-16-19)17-5-6-21-20(14-17)23(35-34-21)25-32-22-7-8-30-26(24(22)33-25)37-11-9-36(4)10-12-37/h5-8,13-16H,9-12H2,1-4H3,(H,31,38)(H,32,33)(H,34,35). The zero-order valence-corrected chi connectivity index (χ0v) is 22.0. The van der Waals surface area contributed by atoms with Crippen molar-refractivity contribution >= 4 is 39.3 Å². The van der Waals surface area contributed by atoms with E-state index in [0.29, 0.717) is 11.5 Å². The molecule has 0 saturated carbocycles. The van der Waals surface area contributed by atoms with Crippen molar-refractivity contribution in [2.75, 3.05) is 43.4 Å². The Hall–Kier alpha value is -4.31. The molecule has 4 aromatic heterocycles. The molecule has 194 valence electrons. The van der Waals surface area contributed by atoms with Gasteiger partial charge in [-0.2, -0.15) is 5.10 Å². The van der Waals surface area contributed by atoms with Gasteiger partial charge in [0.1, 0.15) is 11.2 Å². The van der Waals surface area contributed by atoms with E-state index in [1.54, 1.807) is 12.4 Å². The third-order valence-corrected chi connectivity index (χ3v) is 6.98. The zero-order valence-electron chi connectivity index (χ0n) is 22.0. The summed E-state index contributed by atoms with van der Waals surface area (Å²) in [6.45, 7) is 9.49. The first-order valence-corrected chi connectivity index (χ1v) is 12.8. The van der Waals surface area contributed by atoms with Crippen LogP contribution in [0.1, 0.15) is 20.8 Å². The molecule has 0 bridgehead atoms. The van der Waals surface area contributed by atoms with E-state index in [-0.39, 0.29) is 5.91 Å². The fourth-order valence-electron chi connectivity index (χ4n) is 4.64. The van der Waals surface area contributed by atoms with E-state index >= 15 is 0 Å². The smallest absolute Gasteiger partial charge is 0.229 e. The summed E-state index contributed by atoms with van der Waals surface area (Å²) in [5.41, 5.74) is 5.48. The molecule has 1 saturated heterocycles. The molecule has 10 nitrogen and oxygen atoms in total. The number of nitrogens with one attached hydrogen (secondary N) is 3. The highest BCUT2D eigenvalue weighted by Gasteiger charge is 2.22. The summed E-state index contributed by atoms with van der Waals surface area (Å²) in [6.07, 6.45) is 5.29. The zero-order chi connectivity index (χ0) is 26.4. The van der Waals surface area contributed by atoms with Gasteiger partial charge in [-0.3, -0.25) is 14.9 Å². The van der Waals surface area contributed by atoms with Crippen molar-refractivity contribution in [1.82, 2.24) is 35.0 Å². The lowest BCUT2D eigenvalue weighted by Gasteiger charge is -2.33. The van der Waals surface area contributed by atoms with E-state index in [2.05, 4.69) is 53.4 Å². The Morgan fingerprint density at radius 3 is 2.61 bits per heavy atom. The molecule has 1 fully saturated rings. The third kappa shape index (κ3) is 4.47. The molecule has 6 rings (SSSR count). The Morgan fingerprint density at radius 2 is 1.82 bits per heavy atom. The molecule has 5 heterocycles. The van der Waals surface area contributed by atoms with Crippen LogP contribution in [0, 0.1) is 5.41 Å². The van der Waals surface area contributed by atoms with E-state index in [0.717, 1.165) is 70.8 Å². The number of anilines is 2. The lowest BCUT2D eigenvalue weighted by Crippen LogP contribution is -2.44. The maximum absolute atomic E-state index is 12.5. The molecular formula is C28H31N9O. The predicted octanol–water partition coefficient (Wildman–Crippen LogP) is 4.30. The number of fused-ring (bicyclic) bond motifs is 2. The first-order valence-electron chi connectivity index (χ1n) is 12.8. The quantitative estimate of drug-likeness (QED) is 0.330. The van der Waals surface area contributed by atoms with Gasteiger partial charge >= 0.3 is 0 Å². The maximum Gasteiger partial charge on any atom is 0.229 e. The van der Waals surface area contributed by atoms with Crippen LogP contribution in [0.5, 0.6) is 0 Å². The molecule has 1 amide bonds. The Morgan fingerprint density at radius 1 is 1.00 bits per heavy atom. The highest BCUT2D eigenvalue weighted by Crippen LogP contribution is 2.32. The van der Waals surface area contributed by atoms with Crippen LogP contribution in [-0.4, -0.2) is 74.2 Å². The van der Waals surface area contributed by atoms with Crippen molar-refractivity contribution in [2.45, 2.75) is 20.8 Å². The van der Waals surface area contributed by atoms with Crippen LogP contribution in [0.25, 0.3) is 44.6 Å². The summed E-state index contributed by atoms with van der Waals surface area (Å²) in [7, 11) is 2.14. The van der Waals surface area contributed by atoms with Crippen molar-refractivity contribution in [3.8, 4) is 22.6 Å². The number of hydrogen-bond donors (Lipinski definition) is 3. The molecule has 1 aliphatic heterocycles. The Balaban J connectivity index is 1.35. The van der Waals surface area contributed by atoms with Gasteiger partial charge in [-0.1, -0.05) is 26.8 Å². The predicted molar refractivity (Wildman–Crippen MR) is 150 cm³/mol. The summed E-state index contributed by atoms with van der Waals surface area (Å²) in [5.74, 6) is 1.54. The second-order valence-corrected chi connectivity index (χ2v) is 10.9. The van der Waals surface area contributed by atoms with Crippen molar-refractivity contribution in [1.29, 1.82) is 0 Å². The van der Waals surface area contributed by atoms with Crippen molar-refractivity contribution in [2.24, 2.45) is 5.41 Å². The van der Waals surface area contributed by atoms with Crippen LogP contribution in [-0.2, 0) is 4.79 Å². The summed E-state index contributed by atoms with van der Waals surface area (Å²) >= 11 is 0. The summed E-state index contributed by atoms with van der Waals surface area (Å²) < 4.78 is 0. The molecular weight excluding hydrogens is 478 g/mol. The SMILES string of the molecule is CN1CCN(c2nccc3[nH]c(-c4n[nH]c5ccc(-c6cncc(NC(=O)C(C)(C)C)c6)cc45)nc23)CC1. The van der Waals surface area contributed by atoms with Crippen LogP contribution in [0.3, 0.4) is 0 Å². The summed E-state index contributed by atoms with van der Waals surface area (Å²) in [4.78, 5) is 34.5. The van der Waals surface area contributed by atoms with Gasteiger partial charge in [-0.15, -0.1) is 0 Å². The molecule has 5 aromatic rings. The number of aromatic amines is 2. The Bertz CT molecular complexity index is 1640. The van der Waals surface area contributed by atoms with Crippen molar-refractivity contribution in [3.05, 3.63) is 48.9 Å². The molecule has 0 spiro atoms. The van der Waals surface area contributed by atoms with Crippen molar-refractivity contribution < 1.29 is 4.79 Å². The van der Waals surface area contributed by atoms with Crippen LogP contribution in [0.15, 0.2) is 48.9 Å². The number of imidazole rings is 1. The lowest BCUT2D eigenvalue weighted by atomic mass is 9.95. The minimum absolute atomic E-state index is 0.0562. The number of benzene rings is 1. The van der Waals surface area contributed by atoms with Gasteiger partial charge in [0.05, 0.1) is 22.9 Å². The van der Waals surface area contributed by atoms with Gasteiger partial charge in [0, 0.05) is 54.9 Å². The molecule has 38 heavy (non-hydrogen) atoms. The molecule has 1 aromatic carbocycles. The fraction of sp³-hybridized carbons (Fsp3) is 0.321. The van der Waals surface area contributed by atoms with E-state index < -0.39 is 5.41 Å². The van der Waals surface area contributed by atoms with E-state index in [4.69, 9.17) is 4.98 Å². The van der Waals surface area contributed by atoms with Gasteiger partial charge in [-0.05, 0) is 36.9 Å². The van der Waals surface area contributed by atoms with Crippen LogP contribution < -0.4 is 10.2 Å². The molecule has 10 heteroatoms. The minimum atomic E-state index is -0.493. The molecule has 0 atom stereocenters. The minimum Gasteiger partial charge on any atom is -0.352 e. The number of likely N-dealkylation sites (N-methyl/N-ethyl adjacent to an activating group) is 1. The second kappa shape index (κ2) is 9.21. The summed E-state index contributed by atoms with van der Waals surface area (Å²) in [5, 5.41) is 11.6. The highest BCUT2D eigenvalue weighted by atomic mass is 16.2. The number of H-pyrrole nitrogens is 2. The van der Waals surface area contributed by atoms with Gasteiger partial charge < -0.3 is 20.1 Å². The van der Waals surface area contributed by atoms with Gasteiger partial charge in [0.15, 0.2) is 11.6 Å². The number of nitrogens with zero attached hydrogens (tertiary/aromatic N) is 6.